The van der Waals surface area contributed by atoms with Crippen molar-refractivity contribution < 1.29 is 26.7 Å². The molecule has 172 valence electrons. The van der Waals surface area contributed by atoms with Gasteiger partial charge in [0.05, 0.1) is 35.7 Å². The lowest BCUT2D eigenvalue weighted by Crippen LogP contribution is -2.15. The van der Waals surface area contributed by atoms with E-state index in [-0.39, 0.29) is 40.0 Å². The number of nitrogens with one attached hydrogen (secondary N) is 2. The molecule has 1 aliphatic carbocycles. The zero-order chi connectivity index (χ0) is 23.7. The largest absolute Gasteiger partial charge is 0.419 e. The van der Waals surface area contributed by atoms with Gasteiger partial charge in [0.1, 0.15) is 17.6 Å². The Balaban J connectivity index is 1.67. The predicted molar refractivity (Wildman–Crippen MR) is 109 cm³/mol. The van der Waals surface area contributed by atoms with Crippen molar-refractivity contribution in [1.29, 1.82) is 0 Å². The van der Waals surface area contributed by atoms with Gasteiger partial charge in [-0.15, -0.1) is 0 Å². The molecule has 5 rings (SSSR count). The number of carbonyl (C=O) groups is 1. The summed E-state index contributed by atoms with van der Waals surface area (Å²) in [6.07, 6.45) is -0.987. The Morgan fingerprint density at radius 3 is 2.64 bits per heavy atom. The predicted octanol–water partition coefficient (Wildman–Crippen LogP) is 4.85. The molecule has 2 N–H and O–H groups in total. The van der Waals surface area contributed by atoms with Crippen LogP contribution in [0.25, 0.3) is 27.8 Å². The number of hydrogen-bond donors (Lipinski definition) is 2. The molecule has 1 fully saturated rings. The van der Waals surface area contributed by atoms with Gasteiger partial charge >= 0.3 is 6.18 Å². The highest BCUT2D eigenvalue weighted by atomic mass is 19.4. The number of imidazole rings is 1. The smallest absolute Gasteiger partial charge is 0.309 e. The number of aromatic amines is 1. The van der Waals surface area contributed by atoms with Crippen LogP contribution in [0, 0.1) is 11.7 Å². The van der Waals surface area contributed by atoms with E-state index in [1.54, 1.807) is 13.8 Å². The highest BCUT2D eigenvalue weighted by Gasteiger charge is 2.44. The van der Waals surface area contributed by atoms with E-state index in [0.717, 1.165) is 0 Å². The molecule has 2 atom stereocenters. The Morgan fingerprint density at radius 1 is 1.27 bits per heavy atom. The van der Waals surface area contributed by atoms with E-state index in [1.165, 1.54) is 29.2 Å². The lowest BCUT2D eigenvalue weighted by atomic mass is 9.91. The minimum atomic E-state index is -4.99. The quantitative estimate of drug-likeness (QED) is 0.423. The van der Waals surface area contributed by atoms with Crippen LogP contribution in [0.5, 0.6) is 0 Å². The number of aromatic nitrogens is 5. The number of rotatable bonds is 4. The summed E-state index contributed by atoms with van der Waals surface area (Å²) in [5.74, 6) is -3.06. The third-order valence-corrected chi connectivity index (χ3v) is 5.64. The van der Waals surface area contributed by atoms with Crippen molar-refractivity contribution in [3.8, 4) is 11.3 Å². The number of alkyl halides is 4. The number of H-pyrrole nitrogens is 1. The van der Waals surface area contributed by atoms with Gasteiger partial charge in [0.25, 0.3) is 0 Å². The molecule has 3 aromatic heterocycles. The fourth-order valence-corrected chi connectivity index (χ4v) is 3.99. The second-order valence-corrected chi connectivity index (χ2v) is 8.30. The van der Waals surface area contributed by atoms with E-state index < -0.39 is 47.0 Å². The van der Waals surface area contributed by atoms with Gasteiger partial charge in [-0.1, -0.05) is 13.8 Å². The fourth-order valence-electron chi connectivity index (χ4n) is 3.99. The molecule has 0 bridgehead atoms. The molecule has 1 aliphatic rings. The van der Waals surface area contributed by atoms with Gasteiger partial charge in [0.15, 0.2) is 11.5 Å². The van der Waals surface area contributed by atoms with Crippen molar-refractivity contribution in [2.45, 2.75) is 38.5 Å². The molecule has 1 amide bonds. The Kier molecular flexibility index (Phi) is 4.66. The first-order chi connectivity index (χ1) is 15.6. The Morgan fingerprint density at radius 2 is 2.00 bits per heavy atom. The van der Waals surface area contributed by atoms with Gasteiger partial charge in [0.2, 0.25) is 5.91 Å². The normalized spacial score (nSPS) is 18.4. The summed E-state index contributed by atoms with van der Waals surface area (Å²) in [4.78, 5) is 20.2. The molecule has 0 aliphatic heterocycles. The van der Waals surface area contributed by atoms with E-state index in [0.29, 0.717) is 0 Å². The second-order valence-electron chi connectivity index (χ2n) is 8.30. The Labute approximate surface area is 183 Å². The first kappa shape index (κ1) is 21.3. The summed E-state index contributed by atoms with van der Waals surface area (Å²) in [5, 5.41) is 9.00. The van der Waals surface area contributed by atoms with Gasteiger partial charge < -0.3 is 9.72 Å². The minimum Gasteiger partial charge on any atom is -0.309 e. The third kappa shape index (κ3) is 3.49. The minimum absolute atomic E-state index is 0.0793. The summed E-state index contributed by atoms with van der Waals surface area (Å²) in [6, 6.07) is 0. The molecule has 0 radical (unpaired) electrons. The highest BCUT2D eigenvalue weighted by molar-refractivity contribution is 5.98. The van der Waals surface area contributed by atoms with E-state index in [1.807, 2.05) is 0 Å². The molecule has 4 aromatic rings. The maximum atomic E-state index is 15.3. The monoisotopic (exact) mass is 464 g/mol. The molecule has 1 aromatic carbocycles. The van der Waals surface area contributed by atoms with Crippen LogP contribution in [0.15, 0.2) is 24.8 Å². The number of anilines is 1. The number of benzene rings is 1. The van der Waals surface area contributed by atoms with Crippen LogP contribution in [0.4, 0.5) is 27.8 Å². The lowest BCUT2D eigenvalue weighted by Gasteiger charge is -2.19. The van der Waals surface area contributed by atoms with Crippen LogP contribution in [0.2, 0.25) is 0 Å². The number of fused-ring (bicyclic) bond motifs is 2. The topological polar surface area (TPSA) is 88.0 Å². The number of halogens is 5. The van der Waals surface area contributed by atoms with Gasteiger partial charge in [-0.3, -0.25) is 14.9 Å². The summed E-state index contributed by atoms with van der Waals surface area (Å²) < 4.78 is 71.9. The van der Waals surface area contributed by atoms with Crippen LogP contribution < -0.4 is 5.32 Å². The Bertz CT molecular complexity index is 1410. The second kappa shape index (κ2) is 7.22. The molecular formula is C21H17F5N6O. The van der Waals surface area contributed by atoms with Gasteiger partial charge in [-0.2, -0.15) is 18.3 Å². The maximum absolute atomic E-state index is 15.3. The van der Waals surface area contributed by atoms with Crippen molar-refractivity contribution in [2.24, 2.45) is 5.92 Å². The first-order valence-corrected chi connectivity index (χ1v) is 10.1. The fraction of sp³-hybridized carbons (Fsp3) is 0.333. The zero-order valence-corrected chi connectivity index (χ0v) is 17.3. The van der Waals surface area contributed by atoms with Gasteiger partial charge in [-0.05, 0) is 12.3 Å². The van der Waals surface area contributed by atoms with Crippen LogP contribution in [0.3, 0.4) is 0 Å². The van der Waals surface area contributed by atoms with E-state index in [2.05, 4.69) is 25.5 Å². The van der Waals surface area contributed by atoms with E-state index >= 15 is 4.39 Å². The van der Waals surface area contributed by atoms with E-state index in [4.69, 9.17) is 0 Å². The SMILES string of the molecule is CC(C)c1c(F)c(C(F)(F)F)c(-c2cn3cc(NC(=O)[C@@H]4C[C@@H]4F)nc3cn2)c2cn[nH]c12. The summed E-state index contributed by atoms with van der Waals surface area (Å²) >= 11 is 0. The molecule has 0 saturated heterocycles. The van der Waals surface area contributed by atoms with Crippen molar-refractivity contribution in [2.75, 3.05) is 5.32 Å². The number of carbonyl (C=O) groups excluding carboxylic acids is 1. The molecule has 12 heteroatoms. The molecule has 3 heterocycles. The number of nitrogens with zero attached hydrogens (tertiary/aromatic N) is 4. The van der Waals surface area contributed by atoms with Crippen molar-refractivity contribution >= 4 is 28.3 Å². The van der Waals surface area contributed by atoms with Crippen LogP contribution in [0.1, 0.15) is 37.3 Å². The van der Waals surface area contributed by atoms with Crippen LogP contribution >= 0.6 is 0 Å². The van der Waals surface area contributed by atoms with Crippen LogP contribution in [-0.4, -0.2) is 36.6 Å². The summed E-state index contributed by atoms with van der Waals surface area (Å²) in [7, 11) is 0. The van der Waals surface area contributed by atoms with Crippen molar-refractivity contribution in [3.63, 3.8) is 0 Å². The average molecular weight is 464 g/mol. The third-order valence-electron chi connectivity index (χ3n) is 5.64. The van der Waals surface area contributed by atoms with E-state index in [9.17, 15) is 22.4 Å². The maximum Gasteiger partial charge on any atom is 0.419 e. The summed E-state index contributed by atoms with van der Waals surface area (Å²) in [5.41, 5.74) is -1.75. The highest BCUT2D eigenvalue weighted by Crippen LogP contribution is 2.45. The van der Waals surface area contributed by atoms with Crippen molar-refractivity contribution in [3.05, 3.63) is 41.7 Å². The molecule has 0 unspecified atom stereocenters. The lowest BCUT2D eigenvalue weighted by molar-refractivity contribution is -0.139. The zero-order valence-electron chi connectivity index (χ0n) is 17.3. The van der Waals surface area contributed by atoms with Crippen LogP contribution in [-0.2, 0) is 11.0 Å². The molecular weight excluding hydrogens is 447 g/mol. The van der Waals surface area contributed by atoms with Gasteiger partial charge in [0, 0.05) is 22.7 Å². The number of amides is 1. The first-order valence-electron chi connectivity index (χ1n) is 10.1. The summed E-state index contributed by atoms with van der Waals surface area (Å²) in [6.45, 7) is 3.19. The molecule has 33 heavy (non-hydrogen) atoms. The van der Waals surface area contributed by atoms with Crippen molar-refractivity contribution in [1.82, 2.24) is 24.6 Å². The standard InChI is InChI=1S/C21H17F5N6O/c1-8(2)15-18(23)17(21(24,25)26)16(10-4-28-31-19(10)15)12-6-32-7-13(29-14(32)5-27-12)30-20(33)9-3-11(9)22/h4-9,11H,3H2,1-2H3,(H,28,31)(H,30,33)/t9-,11+/m1/s1. The Hall–Kier alpha value is -3.57. The average Bonchev–Trinajstić information content (AvgIpc) is 3.10. The molecule has 7 nitrogen and oxygen atoms in total. The molecule has 0 spiro atoms. The van der Waals surface area contributed by atoms with Gasteiger partial charge in [-0.25, -0.2) is 13.8 Å². The molecule has 1 saturated carbocycles. The number of hydrogen-bond acceptors (Lipinski definition) is 4.